The largest absolute Gasteiger partial charge is 0.388 e. The Bertz CT molecular complexity index is 709. The second kappa shape index (κ2) is 8.04. The lowest BCUT2D eigenvalue weighted by molar-refractivity contribution is 0.940. The van der Waals surface area contributed by atoms with Crippen LogP contribution in [0.15, 0.2) is 60.2 Å². The summed E-state index contributed by atoms with van der Waals surface area (Å²) in [5.74, 6) is 0. The molecule has 0 saturated heterocycles. The molecule has 0 heterocycles. The first kappa shape index (κ1) is 17.4. The van der Waals surface area contributed by atoms with Gasteiger partial charge in [0.25, 0.3) is 0 Å². The van der Waals surface area contributed by atoms with Crippen LogP contribution in [0.25, 0.3) is 0 Å². The molecular weight excluding hydrogens is 329 g/mol. The highest BCUT2D eigenvalue weighted by molar-refractivity contribution is 6.31. The summed E-state index contributed by atoms with van der Waals surface area (Å²) in [6.07, 6.45) is 1.81. The first-order chi connectivity index (χ1) is 11.0. The van der Waals surface area contributed by atoms with E-state index < -0.39 is 0 Å². The summed E-state index contributed by atoms with van der Waals surface area (Å²) in [5.41, 5.74) is 3.74. The smallest absolute Gasteiger partial charge is 0.0672 e. The van der Waals surface area contributed by atoms with Gasteiger partial charge in [0, 0.05) is 28.3 Å². The summed E-state index contributed by atoms with van der Waals surface area (Å²) in [5, 5.41) is 11.1. The quantitative estimate of drug-likeness (QED) is 0.427. The summed E-state index contributed by atoms with van der Waals surface area (Å²) in [4.78, 5) is 0. The van der Waals surface area contributed by atoms with Gasteiger partial charge in [-0.1, -0.05) is 29.3 Å². The molecule has 0 bridgehead atoms. The second-order valence-electron chi connectivity index (χ2n) is 4.97. The molecule has 2 rings (SSSR count). The molecule has 0 spiro atoms. The Morgan fingerprint density at radius 1 is 1.17 bits per heavy atom. The van der Waals surface area contributed by atoms with Crippen molar-refractivity contribution in [3.8, 4) is 0 Å². The molecule has 2 aromatic carbocycles. The maximum atomic E-state index is 6.12. The molecule has 3 nitrogen and oxygen atoms in total. The molecule has 0 aromatic heterocycles. The van der Waals surface area contributed by atoms with Gasteiger partial charge in [-0.3, -0.25) is 5.01 Å². The second-order valence-corrected chi connectivity index (χ2v) is 5.85. The highest BCUT2D eigenvalue weighted by Gasteiger charge is 2.09. The summed E-state index contributed by atoms with van der Waals surface area (Å²) >= 11 is 12.1. The van der Waals surface area contributed by atoms with Gasteiger partial charge in [-0.15, -0.1) is 6.58 Å². The minimum Gasteiger partial charge on any atom is -0.388 e. The Hall–Kier alpha value is -1.97. The predicted octanol–water partition coefficient (Wildman–Crippen LogP) is 5.45. The van der Waals surface area contributed by atoms with Crippen molar-refractivity contribution < 1.29 is 0 Å². The minimum atomic E-state index is 0.592. The normalized spacial score (nSPS) is 11.2. The number of nitrogens with one attached hydrogen (secondary N) is 1. The lowest BCUT2D eigenvalue weighted by atomic mass is 10.1. The van der Waals surface area contributed by atoms with Gasteiger partial charge in [-0.05, 0) is 49.4 Å². The van der Waals surface area contributed by atoms with Crippen LogP contribution in [0, 0.1) is 0 Å². The van der Waals surface area contributed by atoms with Crippen molar-refractivity contribution in [3.05, 3.63) is 70.7 Å². The van der Waals surface area contributed by atoms with Crippen molar-refractivity contribution in [2.45, 2.75) is 6.92 Å². The van der Waals surface area contributed by atoms with E-state index in [1.807, 2.05) is 67.5 Å². The highest BCUT2D eigenvalue weighted by Crippen LogP contribution is 2.23. The van der Waals surface area contributed by atoms with E-state index in [0.717, 1.165) is 22.6 Å². The van der Waals surface area contributed by atoms with E-state index >= 15 is 0 Å². The first-order valence-corrected chi connectivity index (χ1v) is 7.97. The summed E-state index contributed by atoms with van der Waals surface area (Å²) in [6.45, 7) is 6.35. The van der Waals surface area contributed by atoms with Crippen molar-refractivity contribution in [1.29, 1.82) is 0 Å². The van der Waals surface area contributed by atoms with Crippen LogP contribution in [0.2, 0.25) is 10.0 Å². The van der Waals surface area contributed by atoms with Gasteiger partial charge < -0.3 is 5.32 Å². The number of halogens is 2. The average molecular weight is 348 g/mol. The zero-order valence-corrected chi connectivity index (χ0v) is 14.7. The number of hydrogen-bond acceptors (Lipinski definition) is 3. The van der Waals surface area contributed by atoms with Crippen LogP contribution in [0.5, 0.6) is 0 Å². The highest BCUT2D eigenvalue weighted by atomic mass is 35.5. The standard InChI is InChI=1S/C18H19Cl2N3/c1-4-11-23(16-8-5-14(19)6-9-16)22-13(2)17-12-15(20)7-10-18(17)21-3/h4-10,12,21H,1,11H2,2-3H3/b22-13-. The van der Waals surface area contributed by atoms with Gasteiger partial charge in [0.1, 0.15) is 0 Å². The number of benzene rings is 2. The van der Waals surface area contributed by atoms with Crippen LogP contribution >= 0.6 is 23.2 Å². The summed E-state index contributed by atoms with van der Waals surface area (Å²) < 4.78 is 0. The molecule has 23 heavy (non-hydrogen) atoms. The van der Waals surface area contributed by atoms with Crippen molar-refractivity contribution in [2.75, 3.05) is 23.9 Å². The van der Waals surface area contributed by atoms with Crippen molar-refractivity contribution >= 4 is 40.3 Å². The van der Waals surface area contributed by atoms with E-state index in [-0.39, 0.29) is 0 Å². The van der Waals surface area contributed by atoms with Gasteiger partial charge >= 0.3 is 0 Å². The third-order valence-electron chi connectivity index (χ3n) is 3.34. The van der Waals surface area contributed by atoms with Crippen LogP contribution in [0.1, 0.15) is 12.5 Å². The molecule has 0 unspecified atom stereocenters. The van der Waals surface area contributed by atoms with Gasteiger partial charge in [0.2, 0.25) is 0 Å². The van der Waals surface area contributed by atoms with Crippen molar-refractivity contribution in [2.24, 2.45) is 5.10 Å². The minimum absolute atomic E-state index is 0.592. The van der Waals surface area contributed by atoms with Crippen LogP contribution in [0.3, 0.4) is 0 Å². The molecular formula is C18H19Cl2N3. The summed E-state index contributed by atoms with van der Waals surface area (Å²) in [6, 6.07) is 13.2. The number of hydrogen-bond donors (Lipinski definition) is 1. The van der Waals surface area contributed by atoms with E-state index in [0.29, 0.717) is 16.6 Å². The van der Waals surface area contributed by atoms with Crippen LogP contribution in [-0.4, -0.2) is 19.3 Å². The molecule has 1 N–H and O–H groups in total. The van der Waals surface area contributed by atoms with Crippen LogP contribution < -0.4 is 10.3 Å². The molecule has 0 fully saturated rings. The third kappa shape index (κ3) is 4.50. The fourth-order valence-corrected chi connectivity index (χ4v) is 2.51. The molecule has 0 aliphatic carbocycles. The van der Waals surface area contributed by atoms with E-state index in [2.05, 4.69) is 11.9 Å². The van der Waals surface area contributed by atoms with Gasteiger partial charge in [-0.25, -0.2) is 0 Å². The predicted molar refractivity (Wildman–Crippen MR) is 102 cm³/mol. The van der Waals surface area contributed by atoms with Crippen LogP contribution in [0.4, 0.5) is 11.4 Å². The molecule has 0 aliphatic heterocycles. The van der Waals surface area contributed by atoms with E-state index in [4.69, 9.17) is 28.3 Å². The topological polar surface area (TPSA) is 27.6 Å². The molecule has 120 valence electrons. The molecule has 0 saturated carbocycles. The fraction of sp³-hybridized carbons (Fsp3) is 0.167. The van der Waals surface area contributed by atoms with E-state index in [1.54, 1.807) is 0 Å². The number of anilines is 2. The average Bonchev–Trinajstić information content (AvgIpc) is 2.55. The molecule has 2 aromatic rings. The Labute approximate surface area is 147 Å². The van der Waals surface area contributed by atoms with Crippen molar-refractivity contribution in [3.63, 3.8) is 0 Å². The zero-order chi connectivity index (χ0) is 16.8. The van der Waals surface area contributed by atoms with E-state index in [1.165, 1.54) is 0 Å². The van der Waals surface area contributed by atoms with E-state index in [9.17, 15) is 0 Å². The summed E-state index contributed by atoms with van der Waals surface area (Å²) in [7, 11) is 1.88. The maximum Gasteiger partial charge on any atom is 0.0672 e. The SMILES string of the molecule is C=CCN(/N=C(/C)c1cc(Cl)ccc1NC)c1ccc(Cl)cc1. The molecule has 0 radical (unpaired) electrons. The zero-order valence-electron chi connectivity index (χ0n) is 13.2. The molecule has 5 heteroatoms. The van der Waals surface area contributed by atoms with Gasteiger partial charge in [-0.2, -0.15) is 5.10 Å². The number of nitrogens with zero attached hydrogens (tertiary/aromatic N) is 2. The van der Waals surface area contributed by atoms with Crippen LogP contribution in [-0.2, 0) is 0 Å². The van der Waals surface area contributed by atoms with Gasteiger partial charge in [0.15, 0.2) is 0 Å². The monoisotopic (exact) mass is 347 g/mol. The number of hydrazone groups is 1. The lowest BCUT2D eigenvalue weighted by Crippen LogP contribution is -2.18. The third-order valence-corrected chi connectivity index (χ3v) is 3.83. The molecule has 0 amide bonds. The Morgan fingerprint density at radius 2 is 1.83 bits per heavy atom. The first-order valence-electron chi connectivity index (χ1n) is 7.22. The maximum absolute atomic E-state index is 6.12. The number of rotatable bonds is 6. The molecule has 0 atom stereocenters. The van der Waals surface area contributed by atoms with Gasteiger partial charge in [0.05, 0.1) is 17.9 Å². The lowest BCUT2D eigenvalue weighted by Gasteiger charge is -2.19. The Morgan fingerprint density at radius 3 is 2.43 bits per heavy atom. The Kier molecular flexibility index (Phi) is 6.08. The molecule has 0 aliphatic rings. The Balaban J connectivity index is 2.40. The fourth-order valence-electron chi connectivity index (χ4n) is 2.21. The van der Waals surface area contributed by atoms with Crippen molar-refractivity contribution in [1.82, 2.24) is 0 Å².